The normalized spacial score (nSPS) is 12.6. The molecule has 9 aromatic carbocycles. The highest BCUT2D eigenvalue weighted by molar-refractivity contribution is 5.89. The minimum atomic E-state index is -0.0939. The molecule has 266 valence electrons. The molecule has 0 amide bonds. The van der Waals surface area contributed by atoms with Crippen LogP contribution in [0.1, 0.15) is 25.0 Å². The van der Waals surface area contributed by atoms with Gasteiger partial charge in [-0.15, -0.1) is 0 Å². The van der Waals surface area contributed by atoms with Crippen molar-refractivity contribution in [2.24, 2.45) is 0 Å². The Hall–Kier alpha value is -6.96. The van der Waals surface area contributed by atoms with Crippen molar-refractivity contribution in [3.05, 3.63) is 223 Å². The van der Waals surface area contributed by atoms with Crippen molar-refractivity contribution in [3.63, 3.8) is 0 Å². The third-order valence-corrected chi connectivity index (χ3v) is 11.6. The highest BCUT2D eigenvalue weighted by Gasteiger charge is 2.35. The molecule has 0 bridgehead atoms. The van der Waals surface area contributed by atoms with Gasteiger partial charge < -0.3 is 4.90 Å². The van der Waals surface area contributed by atoms with E-state index in [0.29, 0.717) is 0 Å². The summed E-state index contributed by atoms with van der Waals surface area (Å²) in [5, 5.41) is 2.52. The summed E-state index contributed by atoms with van der Waals surface area (Å²) < 4.78 is 0. The quantitative estimate of drug-likeness (QED) is 0.159. The topological polar surface area (TPSA) is 3.24 Å². The Morgan fingerprint density at radius 1 is 0.286 bits per heavy atom. The maximum absolute atomic E-state index is 2.41. The van der Waals surface area contributed by atoms with Gasteiger partial charge in [-0.25, -0.2) is 0 Å². The average Bonchev–Trinajstić information content (AvgIpc) is 3.49. The van der Waals surface area contributed by atoms with Crippen LogP contribution in [0.3, 0.4) is 0 Å². The molecule has 0 heterocycles. The van der Waals surface area contributed by atoms with Crippen LogP contribution in [0, 0.1) is 0 Å². The summed E-state index contributed by atoms with van der Waals surface area (Å²) in [6.45, 7) is 4.70. The van der Waals surface area contributed by atoms with E-state index in [9.17, 15) is 0 Å². The second-order valence-corrected chi connectivity index (χ2v) is 15.4. The molecular formula is C55H41N. The van der Waals surface area contributed by atoms with Crippen molar-refractivity contribution in [2.75, 3.05) is 4.90 Å². The Bertz CT molecular complexity index is 2880. The molecule has 0 radical (unpaired) electrons. The fourth-order valence-corrected chi connectivity index (χ4v) is 8.66. The molecule has 0 atom stereocenters. The lowest BCUT2D eigenvalue weighted by Crippen LogP contribution is -2.16. The Morgan fingerprint density at radius 2 is 0.768 bits per heavy atom. The Morgan fingerprint density at radius 3 is 1.50 bits per heavy atom. The predicted octanol–water partition coefficient (Wildman–Crippen LogP) is 15.3. The first-order chi connectivity index (χ1) is 27.5. The molecular weight excluding hydrogens is 675 g/mol. The van der Waals surface area contributed by atoms with Crippen molar-refractivity contribution in [2.45, 2.75) is 19.3 Å². The van der Waals surface area contributed by atoms with Gasteiger partial charge in [0.15, 0.2) is 0 Å². The first-order valence-corrected chi connectivity index (χ1v) is 19.5. The van der Waals surface area contributed by atoms with Gasteiger partial charge in [-0.1, -0.05) is 172 Å². The SMILES string of the molecule is CC1(C)c2ccccc2-c2ccc(N(c3ccc(-c4cccc(-c5cccc(-c6ccc7ccccc7c6)c5)c4)cc3)c3cccc(-c4ccccc4)c3)cc21. The molecule has 1 aliphatic carbocycles. The molecule has 0 aromatic heterocycles. The highest BCUT2D eigenvalue weighted by atomic mass is 15.1. The summed E-state index contributed by atoms with van der Waals surface area (Å²) in [5.74, 6) is 0. The van der Waals surface area contributed by atoms with Crippen molar-refractivity contribution in [3.8, 4) is 55.6 Å². The second-order valence-electron chi connectivity index (χ2n) is 15.4. The van der Waals surface area contributed by atoms with E-state index in [1.165, 1.54) is 77.5 Å². The molecule has 9 aromatic rings. The average molecular weight is 716 g/mol. The smallest absolute Gasteiger partial charge is 0.0467 e. The summed E-state index contributed by atoms with van der Waals surface area (Å²) >= 11 is 0. The zero-order valence-electron chi connectivity index (χ0n) is 31.7. The molecule has 56 heavy (non-hydrogen) atoms. The molecule has 0 fully saturated rings. The van der Waals surface area contributed by atoms with Crippen molar-refractivity contribution in [1.29, 1.82) is 0 Å². The highest BCUT2D eigenvalue weighted by Crippen LogP contribution is 2.50. The maximum atomic E-state index is 2.41. The molecule has 0 saturated carbocycles. The second kappa shape index (κ2) is 13.7. The first-order valence-electron chi connectivity index (χ1n) is 19.5. The van der Waals surface area contributed by atoms with Crippen LogP contribution >= 0.6 is 0 Å². The number of hydrogen-bond donors (Lipinski definition) is 0. The van der Waals surface area contributed by atoms with Crippen molar-refractivity contribution < 1.29 is 0 Å². The summed E-state index contributed by atoms with van der Waals surface area (Å²) in [4.78, 5) is 2.41. The predicted molar refractivity (Wildman–Crippen MR) is 238 cm³/mol. The molecule has 10 rings (SSSR count). The van der Waals surface area contributed by atoms with E-state index in [1.54, 1.807) is 0 Å². The number of anilines is 3. The molecule has 0 N–H and O–H groups in total. The van der Waals surface area contributed by atoms with E-state index in [1.807, 2.05) is 0 Å². The summed E-state index contributed by atoms with van der Waals surface area (Å²) in [6.07, 6.45) is 0. The van der Waals surface area contributed by atoms with Crippen LogP contribution in [0.2, 0.25) is 0 Å². The van der Waals surface area contributed by atoms with Gasteiger partial charge in [0.05, 0.1) is 0 Å². The number of rotatable bonds is 7. The molecule has 1 nitrogen and oxygen atoms in total. The van der Waals surface area contributed by atoms with E-state index >= 15 is 0 Å². The van der Waals surface area contributed by atoms with E-state index in [0.717, 1.165) is 17.1 Å². The molecule has 0 aliphatic heterocycles. The Balaban J connectivity index is 1.01. The first kappa shape index (κ1) is 33.6. The van der Waals surface area contributed by atoms with E-state index < -0.39 is 0 Å². The third-order valence-electron chi connectivity index (χ3n) is 11.6. The van der Waals surface area contributed by atoms with E-state index in [2.05, 4.69) is 231 Å². The maximum Gasteiger partial charge on any atom is 0.0467 e. The van der Waals surface area contributed by atoms with Gasteiger partial charge in [-0.05, 0) is 132 Å². The number of fused-ring (bicyclic) bond motifs is 4. The minimum absolute atomic E-state index is 0.0939. The standard InChI is InChI=1S/C55H41N/c1-55(2)53-24-9-8-23-51(53)52-32-31-50(37-54(52)55)56(49-22-12-21-46(36-49)38-13-4-3-5-14-38)48-29-27-40(28-30-48)42-17-10-18-43(33-42)44-19-11-20-45(35-44)47-26-25-39-15-6-7-16-41(39)34-47/h3-37H,1-2H3. The lowest BCUT2D eigenvalue weighted by atomic mass is 9.82. The number of nitrogens with zero attached hydrogens (tertiary/aromatic N) is 1. The van der Waals surface area contributed by atoms with Gasteiger partial charge in [0.25, 0.3) is 0 Å². The molecule has 0 unspecified atom stereocenters. The fraction of sp³-hybridized carbons (Fsp3) is 0.0545. The zero-order chi connectivity index (χ0) is 37.6. The number of benzene rings is 9. The van der Waals surface area contributed by atoms with Crippen molar-refractivity contribution in [1.82, 2.24) is 0 Å². The number of hydrogen-bond acceptors (Lipinski definition) is 1. The molecule has 0 spiro atoms. The van der Waals surface area contributed by atoms with Gasteiger partial charge in [0.1, 0.15) is 0 Å². The van der Waals surface area contributed by atoms with Crippen molar-refractivity contribution >= 4 is 27.8 Å². The zero-order valence-corrected chi connectivity index (χ0v) is 31.7. The van der Waals surface area contributed by atoms with E-state index in [-0.39, 0.29) is 5.41 Å². The lowest BCUT2D eigenvalue weighted by Gasteiger charge is -2.28. The van der Waals surface area contributed by atoms with Crippen LogP contribution in [-0.4, -0.2) is 0 Å². The molecule has 1 heteroatoms. The van der Waals surface area contributed by atoms with Crippen LogP contribution in [0.5, 0.6) is 0 Å². The van der Waals surface area contributed by atoms with E-state index in [4.69, 9.17) is 0 Å². The molecule has 0 saturated heterocycles. The monoisotopic (exact) mass is 715 g/mol. The van der Waals surface area contributed by atoms with Crippen LogP contribution in [0.25, 0.3) is 66.4 Å². The van der Waals surface area contributed by atoms with Gasteiger partial charge in [-0.3, -0.25) is 0 Å². The minimum Gasteiger partial charge on any atom is -0.310 e. The third kappa shape index (κ3) is 5.99. The summed E-state index contributed by atoms with van der Waals surface area (Å²) in [7, 11) is 0. The lowest BCUT2D eigenvalue weighted by molar-refractivity contribution is 0.660. The Kier molecular flexibility index (Phi) is 8.23. The Labute approximate surface area is 329 Å². The van der Waals surface area contributed by atoms with Crippen LogP contribution in [0.15, 0.2) is 212 Å². The van der Waals surface area contributed by atoms with Gasteiger partial charge >= 0.3 is 0 Å². The summed E-state index contributed by atoms with van der Waals surface area (Å²) in [6, 6.07) is 77.6. The summed E-state index contributed by atoms with van der Waals surface area (Å²) in [5.41, 5.74) is 18.3. The van der Waals surface area contributed by atoms with Crippen LogP contribution in [0.4, 0.5) is 17.1 Å². The van der Waals surface area contributed by atoms with Crippen LogP contribution < -0.4 is 4.90 Å². The van der Waals surface area contributed by atoms with Gasteiger partial charge in [-0.2, -0.15) is 0 Å². The molecule has 1 aliphatic rings. The largest absolute Gasteiger partial charge is 0.310 e. The van der Waals surface area contributed by atoms with Crippen LogP contribution in [-0.2, 0) is 5.41 Å². The fourth-order valence-electron chi connectivity index (χ4n) is 8.66. The van der Waals surface area contributed by atoms with Gasteiger partial charge in [0.2, 0.25) is 0 Å². The van der Waals surface area contributed by atoms with Gasteiger partial charge in [0, 0.05) is 22.5 Å².